The normalized spacial score (nSPS) is 12.7. The van der Waals surface area contributed by atoms with Crippen LogP contribution in [0.4, 0.5) is 4.39 Å². The number of hydrogen-bond acceptors (Lipinski definition) is 3. The summed E-state index contributed by atoms with van der Waals surface area (Å²) in [6, 6.07) is 13.0. The van der Waals surface area contributed by atoms with Gasteiger partial charge in [-0.15, -0.1) is 0 Å². The smallest absolute Gasteiger partial charge is 0.243 e. The second-order valence-corrected chi connectivity index (χ2v) is 6.24. The number of carbonyl (C=O) groups is 3. The maximum Gasteiger partial charge on any atom is 0.243 e. The number of hydrogen-bond donors (Lipinski definition) is 3. The third kappa shape index (κ3) is 6.54. The van der Waals surface area contributed by atoms with E-state index >= 15 is 0 Å². The molecule has 4 N–H and O–H groups in total. The minimum atomic E-state index is -0.957. The Morgan fingerprint density at radius 3 is 2.15 bits per heavy atom. The zero-order valence-corrected chi connectivity index (χ0v) is 14.9. The van der Waals surface area contributed by atoms with Crippen LogP contribution in [0, 0.1) is 5.82 Å². The monoisotopic (exact) mass is 371 g/mol. The van der Waals surface area contributed by atoms with Crippen LogP contribution in [0.25, 0.3) is 0 Å². The zero-order chi connectivity index (χ0) is 19.8. The molecule has 0 aromatic heterocycles. The molecular formula is C20H22FN3O3. The Bertz CT molecular complexity index is 811. The van der Waals surface area contributed by atoms with E-state index in [2.05, 4.69) is 10.6 Å². The molecule has 0 aliphatic heterocycles. The standard InChI is InChI=1S/C20H22FN3O3/c1-13(25)23-18(12-15-8-5-9-16(21)10-15)20(27)24-17(19(22)26)11-14-6-3-2-4-7-14/h2-10,17-18H,11-12H2,1H3,(H2,22,26)(H,23,25)(H,24,27)/t17-,18-/m0/s1. The Balaban J connectivity index is 2.12. The fourth-order valence-corrected chi connectivity index (χ4v) is 2.70. The topological polar surface area (TPSA) is 101 Å². The van der Waals surface area contributed by atoms with Crippen molar-refractivity contribution in [3.63, 3.8) is 0 Å². The molecule has 0 unspecified atom stereocenters. The van der Waals surface area contributed by atoms with Crippen LogP contribution in [0.2, 0.25) is 0 Å². The molecule has 142 valence electrons. The van der Waals surface area contributed by atoms with E-state index in [1.807, 2.05) is 30.3 Å². The zero-order valence-electron chi connectivity index (χ0n) is 14.9. The van der Waals surface area contributed by atoms with Crippen molar-refractivity contribution >= 4 is 17.7 Å². The van der Waals surface area contributed by atoms with Crippen molar-refractivity contribution in [3.8, 4) is 0 Å². The fourth-order valence-electron chi connectivity index (χ4n) is 2.70. The van der Waals surface area contributed by atoms with E-state index in [-0.39, 0.29) is 12.8 Å². The summed E-state index contributed by atoms with van der Waals surface area (Å²) in [4.78, 5) is 35.9. The highest BCUT2D eigenvalue weighted by atomic mass is 19.1. The molecule has 0 saturated carbocycles. The molecule has 0 saturated heterocycles. The van der Waals surface area contributed by atoms with Gasteiger partial charge in [0.15, 0.2) is 0 Å². The molecule has 2 rings (SSSR count). The number of nitrogens with two attached hydrogens (primary N) is 1. The number of benzene rings is 2. The van der Waals surface area contributed by atoms with Crippen LogP contribution in [0.1, 0.15) is 18.1 Å². The summed E-state index contributed by atoms with van der Waals surface area (Å²) in [6.07, 6.45) is 0.314. The minimum Gasteiger partial charge on any atom is -0.368 e. The molecule has 0 bridgehead atoms. The highest BCUT2D eigenvalue weighted by molar-refractivity contribution is 5.91. The van der Waals surface area contributed by atoms with Gasteiger partial charge in [-0.2, -0.15) is 0 Å². The Kier molecular flexibility index (Phi) is 7.05. The second kappa shape index (κ2) is 9.47. The SMILES string of the molecule is CC(=O)N[C@@H](Cc1cccc(F)c1)C(=O)N[C@@H](Cc1ccccc1)C(N)=O. The van der Waals surface area contributed by atoms with E-state index in [4.69, 9.17) is 5.73 Å². The van der Waals surface area contributed by atoms with E-state index in [0.717, 1.165) is 5.56 Å². The van der Waals surface area contributed by atoms with Crippen molar-refractivity contribution < 1.29 is 18.8 Å². The Morgan fingerprint density at radius 1 is 0.926 bits per heavy atom. The molecule has 3 amide bonds. The van der Waals surface area contributed by atoms with Crippen LogP contribution in [-0.2, 0) is 27.2 Å². The van der Waals surface area contributed by atoms with Crippen LogP contribution in [-0.4, -0.2) is 29.8 Å². The summed E-state index contributed by atoms with van der Waals surface area (Å²) in [7, 11) is 0. The van der Waals surface area contributed by atoms with Gasteiger partial charge in [-0.25, -0.2) is 4.39 Å². The first kappa shape index (κ1) is 20.1. The lowest BCUT2D eigenvalue weighted by Crippen LogP contribution is -2.54. The number of halogens is 1. The van der Waals surface area contributed by atoms with Crippen molar-refractivity contribution in [1.29, 1.82) is 0 Å². The van der Waals surface area contributed by atoms with E-state index in [9.17, 15) is 18.8 Å². The molecule has 0 heterocycles. The number of nitrogens with one attached hydrogen (secondary N) is 2. The number of carbonyl (C=O) groups excluding carboxylic acids is 3. The number of rotatable bonds is 8. The summed E-state index contributed by atoms with van der Waals surface area (Å²) < 4.78 is 13.4. The van der Waals surface area contributed by atoms with Crippen molar-refractivity contribution in [2.24, 2.45) is 5.73 Å². The predicted molar refractivity (Wildman–Crippen MR) is 99.0 cm³/mol. The van der Waals surface area contributed by atoms with E-state index in [0.29, 0.717) is 5.56 Å². The molecular weight excluding hydrogens is 349 g/mol. The van der Waals surface area contributed by atoms with Crippen molar-refractivity contribution in [1.82, 2.24) is 10.6 Å². The van der Waals surface area contributed by atoms with Gasteiger partial charge in [-0.3, -0.25) is 14.4 Å². The average Bonchev–Trinajstić information content (AvgIpc) is 2.61. The molecule has 0 spiro atoms. The Hall–Kier alpha value is -3.22. The highest BCUT2D eigenvalue weighted by Gasteiger charge is 2.25. The molecule has 2 aromatic rings. The first-order chi connectivity index (χ1) is 12.8. The molecule has 2 atom stereocenters. The van der Waals surface area contributed by atoms with Crippen molar-refractivity contribution in [2.45, 2.75) is 31.8 Å². The Labute approximate surface area is 156 Å². The van der Waals surface area contributed by atoms with Crippen LogP contribution in [0.5, 0.6) is 0 Å². The molecule has 2 aromatic carbocycles. The second-order valence-electron chi connectivity index (χ2n) is 6.24. The molecule has 0 radical (unpaired) electrons. The summed E-state index contributed by atoms with van der Waals surface area (Å²) in [5.74, 6) is -2.09. The van der Waals surface area contributed by atoms with Crippen LogP contribution < -0.4 is 16.4 Å². The lowest BCUT2D eigenvalue weighted by Gasteiger charge is -2.22. The lowest BCUT2D eigenvalue weighted by molar-refractivity contribution is -0.130. The predicted octanol–water partition coefficient (Wildman–Crippen LogP) is 1.09. The van der Waals surface area contributed by atoms with Gasteiger partial charge in [0.25, 0.3) is 0 Å². The van der Waals surface area contributed by atoms with Crippen molar-refractivity contribution in [2.75, 3.05) is 0 Å². The van der Waals surface area contributed by atoms with Gasteiger partial charge in [-0.05, 0) is 23.3 Å². The first-order valence-electron chi connectivity index (χ1n) is 8.50. The largest absolute Gasteiger partial charge is 0.368 e. The third-order valence-electron chi connectivity index (χ3n) is 3.97. The molecule has 7 heteroatoms. The van der Waals surface area contributed by atoms with Gasteiger partial charge in [0.1, 0.15) is 17.9 Å². The van der Waals surface area contributed by atoms with Gasteiger partial charge < -0.3 is 16.4 Å². The third-order valence-corrected chi connectivity index (χ3v) is 3.97. The van der Waals surface area contributed by atoms with Gasteiger partial charge in [0, 0.05) is 19.8 Å². The molecule has 0 aliphatic carbocycles. The van der Waals surface area contributed by atoms with E-state index in [1.165, 1.54) is 25.1 Å². The van der Waals surface area contributed by atoms with E-state index in [1.54, 1.807) is 6.07 Å². The Morgan fingerprint density at radius 2 is 1.56 bits per heavy atom. The molecule has 0 fully saturated rings. The first-order valence-corrected chi connectivity index (χ1v) is 8.50. The molecule has 6 nitrogen and oxygen atoms in total. The lowest BCUT2D eigenvalue weighted by atomic mass is 10.0. The summed E-state index contributed by atoms with van der Waals surface area (Å²) in [6.45, 7) is 1.28. The van der Waals surface area contributed by atoms with Crippen LogP contribution in [0.3, 0.4) is 0 Å². The minimum absolute atomic E-state index is 0.0833. The molecule has 0 aliphatic rings. The quantitative estimate of drug-likeness (QED) is 0.647. The van der Waals surface area contributed by atoms with Gasteiger partial charge >= 0.3 is 0 Å². The van der Waals surface area contributed by atoms with Gasteiger partial charge in [-0.1, -0.05) is 42.5 Å². The maximum absolute atomic E-state index is 13.4. The van der Waals surface area contributed by atoms with E-state index < -0.39 is 35.6 Å². The van der Waals surface area contributed by atoms with Gasteiger partial charge in [0.05, 0.1) is 0 Å². The van der Waals surface area contributed by atoms with Crippen molar-refractivity contribution in [3.05, 3.63) is 71.5 Å². The molecule has 27 heavy (non-hydrogen) atoms. The average molecular weight is 371 g/mol. The van der Waals surface area contributed by atoms with Gasteiger partial charge in [0.2, 0.25) is 17.7 Å². The summed E-state index contributed by atoms with van der Waals surface area (Å²) >= 11 is 0. The number of amides is 3. The highest BCUT2D eigenvalue weighted by Crippen LogP contribution is 2.08. The number of primary amides is 1. The van der Waals surface area contributed by atoms with Crippen LogP contribution >= 0.6 is 0 Å². The fraction of sp³-hybridized carbons (Fsp3) is 0.250. The van der Waals surface area contributed by atoms with Crippen LogP contribution in [0.15, 0.2) is 54.6 Å². The summed E-state index contributed by atoms with van der Waals surface area (Å²) in [5, 5.41) is 5.11. The summed E-state index contributed by atoms with van der Waals surface area (Å²) in [5.41, 5.74) is 6.80. The maximum atomic E-state index is 13.4.